The van der Waals surface area contributed by atoms with Gasteiger partial charge in [-0.25, -0.2) is 0 Å². The van der Waals surface area contributed by atoms with Gasteiger partial charge in [-0.3, -0.25) is 0 Å². The van der Waals surface area contributed by atoms with Crippen LogP contribution in [0.4, 0.5) is 0 Å². The second-order valence-corrected chi connectivity index (χ2v) is 4.06. The van der Waals surface area contributed by atoms with Gasteiger partial charge in [0.15, 0.2) is 5.60 Å². The fourth-order valence-corrected chi connectivity index (χ4v) is 1.79. The molecule has 0 spiro atoms. The van der Waals surface area contributed by atoms with Crippen molar-refractivity contribution in [2.24, 2.45) is 5.92 Å². The molecule has 0 bridgehead atoms. The molecule has 1 aliphatic rings. The van der Waals surface area contributed by atoms with Gasteiger partial charge in [0.1, 0.15) is 0 Å². The molecule has 85 valence electrons. The molecule has 0 fully saturated rings. The maximum Gasteiger partial charge on any atom is 0.153 e. The Morgan fingerprint density at radius 2 is 2.06 bits per heavy atom. The molecule has 0 heterocycles. The Balaban J connectivity index is 2.09. The third kappa shape index (κ3) is 2.49. The van der Waals surface area contributed by atoms with Crippen molar-refractivity contribution in [3.63, 3.8) is 0 Å². The summed E-state index contributed by atoms with van der Waals surface area (Å²) in [6.07, 6.45) is 13.3. The average Bonchev–Trinajstić information content (AvgIpc) is 2.39. The lowest BCUT2D eigenvalue weighted by atomic mass is 9.85. The maximum absolute atomic E-state index is 5.88. The third-order valence-electron chi connectivity index (χ3n) is 2.90. The fourth-order valence-electron chi connectivity index (χ4n) is 1.79. The number of terminal acetylenes is 1. The quantitative estimate of drug-likeness (QED) is 0.715. The van der Waals surface area contributed by atoms with Crippen molar-refractivity contribution in [2.45, 2.75) is 12.2 Å². The zero-order chi connectivity index (χ0) is 12.1. The van der Waals surface area contributed by atoms with E-state index in [2.05, 4.69) is 12.8 Å². The number of ether oxygens (including phenoxy) is 1. The van der Waals surface area contributed by atoms with E-state index in [-0.39, 0.29) is 5.92 Å². The van der Waals surface area contributed by atoms with Gasteiger partial charge in [-0.1, -0.05) is 54.5 Å². The van der Waals surface area contributed by atoms with Crippen molar-refractivity contribution in [2.75, 3.05) is 0 Å². The molecule has 1 heteroatoms. The minimum absolute atomic E-state index is 0.0544. The number of hydrogen-bond acceptors (Lipinski definition) is 1. The Morgan fingerprint density at radius 1 is 1.29 bits per heavy atom. The fraction of sp³-hybridized carbons (Fsp3) is 0.188. The van der Waals surface area contributed by atoms with Crippen LogP contribution in [0.15, 0.2) is 54.6 Å². The van der Waals surface area contributed by atoms with E-state index in [1.54, 1.807) is 0 Å². The number of rotatable bonds is 3. The van der Waals surface area contributed by atoms with E-state index < -0.39 is 5.60 Å². The van der Waals surface area contributed by atoms with Gasteiger partial charge in [-0.2, -0.15) is 0 Å². The molecule has 1 nitrogen and oxygen atoms in total. The molecular formula is C16H15O. The average molecular weight is 223 g/mol. The summed E-state index contributed by atoms with van der Waals surface area (Å²) in [6.45, 7) is 4.52. The van der Waals surface area contributed by atoms with Gasteiger partial charge in [-0.05, 0) is 18.6 Å². The van der Waals surface area contributed by atoms with Crippen molar-refractivity contribution in [3.8, 4) is 12.3 Å². The highest BCUT2D eigenvalue weighted by molar-refractivity contribution is 5.32. The molecule has 2 atom stereocenters. The standard InChI is InChI=1S/C16H15O/c1-3-16(12-8-7-9-14(16)2)17-13-15-10-5-4-6-11-15/h1,4-12,14H,2,13H2. The molecule has 0 aliphatic heterocycles. The van der Waals surface area contributed by atoms with E-state index in [0.29, 0.717) is 6.61 Å². The van der Waals surface area contributed by atoms with Crippen molar-refractivity contribution in [3.05, 3.63) is 67.1 Å². The molecule has 0 amide bonds. The molecule has 1 radical (unpaired) electrons. The Hall–Kier alpha value is -1.78. The van der Waals surface area contributed by atoms with E-state index in [0.717, 1.165) is 5.56 Å². The van der Waals surface area contributed by atoms with Crippen LogP contribution in [-0.2, 0) is 11.3 Å². The van der Waals surface area contributed by atoms with Gasteiger partial charge in [-0.15, -0.1) is 6.42 Å². The molecule has 2 unspecified atom stereocenters. The minimum Gasteiger partial charge on any atom is -0.353 e. The van der Waals surface area contributed by atoms with Crippen molar-refractivity contribution < 1.29 is 4.74 Å². The zero-order valence-electron chi connectivity index (χ0n) is 9.67. The van der Waals surface area contributed by atoms with Gasteiger partial charge >= 0.3 is 0 Å². The number of benzene rings is 1. The molecular weight excluding hydrogens is 208 g/mol. The molecule has 0 aromatic heterocycles. The normalized spacial score (nSPS) is 26.7. The lowest BCUT2D eigenvalue weighted by Crippen LogP contribution is -2.36. The molecule has 1 aromatic carbocycles. The van der Waals surface area contributed by atoms with Crippen molar-refractivity contribution >= 4 is 0 Å². The van der Waals surface area contributed by atoms with Crippen LogP contribution in [0.1, 0.15) is 5.56 Å². The van der Waals surface area contributed by atoms with Gasteiger partial charge in [0.05, 0.1) is 6.61 Å². The topological polar surface area (TPSA) is 9.23 Å². The van der Waals surface area contributed by atoms with E-state index in [1.165, 1.54) is 0 Å². The first kappa shape index (κ1) is 11.7. The summed E-state index contributed by atoms with van der Waals surface area (Å²) in [5.41, 5.74) is 0.391. The van der Waals surface area contributed by atoms with E-state index >= 15 is 0 Å². The van der Waals surface area contributed by atoms with Gasteiger partial charge in [0.25, 0.3) is 0 Å². The van der Waals surface area contributed by atoms with E-state index in [4.69, 9.17) is 11.2 Å². The molecule has 1 aliphatic carbocycles. The Morgan fingerprint density at radius 3 is 2.71 bits per heavy atom. The summed E-state index contributed by atoms with van der Waals surface area (Å²) >= 11 is 0. The Kier molecular flexibility index (Phi) is 3.46. The maximum atomic E-state index is 5.88. The molecule has 1 aromatic rings. The lowest BCUT2D eigenvalue weighted by Gasteiger charge is -2.31. The summed E-state index contributed by atoms with van der Waals surface area (Å²) in [6, 6.07) is 9.99. The van der Waals surface area contributed by atoms with Crippen LogP contribution in [0, 0.1) is 25.2 Å². The second-order valence-electron chi connectivity index (χ2n) is 4.06. The molecule has 17 heavy (non-hydrogen) atoms. The van der Waals surface area contributed by atoms with Crippen LogP contribution in [0.2, 0.25) is 0 Å². The van der Waals surface area contributed by atoms with E-state index in [9.17, 15) is 0 Å². The summed E-state index contributed by atoms with van der Waals surface area (Å²) in [5, 5.41) is 0. The lowest BCUT2D eigenvalue weighted by molar-refractivity contribution is 0.00365. The largest absolute Gasteiger partial charge is 0.353 e. The van der Waals surface area contributed by atoms with Crippen LogP contribution in [0.5, 0.6) is 0 Å². The highest BCUT2D eigenvalue weighted by Gasteiger charge is 2.32. The van der Waals surface area contributed by atoms with Crippen LogP contribution >= 0.6 is 0 Å². The van der Waals surface area contributed by atoms with Crippen molar-refractivity contribution in [1.82, 2.24) is 0 Å². The third-order valence-corrected chi connectivity index (χ3v) is 2.90. The minimum atomic E-state index is -0.718. The molecule has 0 saturated heterocycles. The Labute approximate surface area is 103 Å². The first-order chi connectivity index (χ1) is 8.27. The predicted molar refractivity (Wildman–Crippen MR) is 69.9 cm³/mol. The molecule has 0 N–H and O–H groups in total. The number of allylic oxidation sites excluding steroid dienone is 2. The summed E-state index contributed by atoms with van der Waals surface area (Å²) in [4.78, 5) is 0. The van der Waals surface area contributed by atoms with Crippen LogP contribution in [-0.4, -0.2) is 5.60 Å². The highest BCUT2D eigenvalue weighted by atomic mass is 16.5. The van der Waals surface area contributed by atoms with Gasteiger partial charge in [0.2, 0.25) is 0 Å². The Bertz CT molecular complexity index is 464. The smallest absolute Gasteiger partial charge is 0.153 e. The second kappa shape index (κ2) is 5.03. The molecule has 2 rings (SSSR count). The van der Waals surface area contributed by atoms with Crippen LogP contribution < -0.4 is 0 Å². The number of hydrogen-bond donors (Lipinski definition) is 0. The summed E-state index contributed by atoms with van der Waals surface area (Å²) in [5.74, 6) is 2.66. The monoisotopic (exact) mass is 223 g/mol. The van der Waals surface area contributed by atoms with E-state index in [1.807, 2.05) is 54.6 Å². The van der Waals surface area contributed by atoms with Crippen molar-refractivity contribution in [1.29, 1.82) is 0 Å². The molecule has 0 saturated carbocycles. The zero-order valence-corrected chi connectivity index (χ0v) is 9.67. The van der Waals surface area contributed by atoms with Gasteiger partial charge < -0.3 is 4.74 Å². The highest BCUT2D eigenvalue weighted by Crippen LogP contribution is 2.28. The summed E-state index contributed by atoms with van der Waals surface area (Å²) < 4.78 is 5.88. The van der Waals surface area contributed by atoms with Crippen LogP contribution in [0.3, 0.4) is 0 Å². The SMILES string of the molecule is C#CC1(OCc2ccccc2)C=CC=CC1[CH2]. The van der Waals surface area contributed by atoms with Crippen LogP contribution in [0.25, 0.3) is 0 Å². The summed E-state index contributed by atoms with van der Waals surface area (Å²) in [7, 11) is 0. The predicted octanol–water partition coefficient (Wildman–Crippen LogP) is 3.15. The first-order valence-corrected chi connectivity index (χ1v) is 5.61. The van der Waals surface area contributed by atoms with Gasteiger partial charge in [0, 0.05) is 5.92 Å². The first-order valence-electron chi connectivity index (χ1n) is 5.61.